The number of unbranched alkanes of at least 4 members (excludes halogenated alkanes) is 1. The number of carbonyl (C=O) groups is 2. The minimum Gasteiger partial charge on any atom is -0.494 e. The Balaban J connectivity index is 1.37. The zero-order valence-electron chi connectivity index (χ0n) is 16.4. The second-order valence-electron chi connectivity index (χ2n) is 6.60. The fourth-order valence-corrected chi connectivity index (χ4v) is 2.68. The van der Waals surface area contributed by atoms with E-state index < -0.39 is 11.9 Å². The minimum atomic E-state index is -0.563. The van der Waals surface area contributed by atoms with Crippen LogP contribution in [-0.2, 0) is 9.53 Å². The van der Waals surface area contributed by atoms with Crippen molar-refractivity contribution in [3.63, 3.8) is 0 Å². The Kier molecular flexibility index (Phi) is 7.33. The highest BCUT2D eigenvalue weighted by molar-refractivity contribution is 5.91. The van der Waals surface area contributed by atoms with Crippen LogP contribution in [0.1, 0.15) is 30.1 Å². The van der Waals surface area contributed by atoms with Gasteiger partial charge in [-0.15, -0.1) is 0 Å². The third kappa shape index (κ3) is 6.14. The van der Waals surface area contributed by atoms with Crippen LogP contribution in [0.3, 0.4) is 0 Å². The van der Waals surface area contributed by atoms with E-state index in [0.29, 0.717) is 36.0 Å². The van der Waals surface area contributed by atoms with Gasteiger partial charge in [0.2, 0.25) is 0 Å². The molecule has 0 bridgehead atoms. The minimum absolute atomic E-state index is 0.258. The van der Waals surface area contributed by atoms with Crippen molar-refractivity contribution < 1.29 is 28.5 Å². The normalized spacial score (nSPS) is 14.7. The lowest BCUT2D eigenvalue weighted by Crippen LogP contribution is -2.42. The molecule has 3 rings (SSSR count). The van der Waals surface area contributed by atoms with Crippen LogP contribution in [0.2, 0.25) is 0 Å². The lowest BCUT2D eigenvalue weighted by molar-refractivity contribution is -0.124. The molecule has 7 heteroatoms. The molecule has 0 fully saturated rings. The number of amides is 1. The molecule has 0 unspecified atom stereocenters. The Hall–Kier alpha value is -3.22. The van der Waals surface area contributed by atoms with Crippen LogP contribution in [0.5, 0.6) is 17.2 Å². The van der Waals surface area contributed by atoms with Crippen LogP contribution in [0.25, 0.3) is 0 Å². The maximum atomic E-state index is 12.1. The summed E-state index contributed by atoms with van der Waals surface area (Å²) >= 11 is 0. The Labute approximate surface area is 169 Å². The Morgan fingerprint density at radius 3 is 2.62 bits per heavy atom. The molecular weight excluding hydrogens is 374 g/mol. The number of rotatable bonds is 9. The van der Waals surface area contributed by atoms with Crippen LogP contribution in [0.15, 0.2) is 48.5 Å². The fourth-order valence-electron chi connectivity index (χ4n) is 2.68. The molecule has 29 heavy (non-hydrogen) atoms. The van der Waals surface area contributed by atoms with Gasteiger partial charge in [-0.3, -0.25) is 4.79 Å². The lowest BCUT2D eigenvalue weighted by Gasteiger charge is -2.26. The van der Waals surface area contributed by atoms with E-state index in [1.165, 1.54) is 0 Å². The number of ether oxygens (including phenoxy) is 4. The summed E-state index contributed by atoms with van der Waals surface area (Å²) < 4.78 is 22.0. The molecule has 0 radical (unpaired) electrons. The SMILES string of the molecule is CCCCOc1ccc(C(=O)OCC(=O)NC[C@H]2COc3ccccc3O2)cc1. The molecule has 1 atom stereocenters. The standard InChI is InChI=1S/C22H25NO6/c1-2-3-12-26-17-10-8-16(9-11-17)22(25)28-15-21(24)23-13-18-14-27-19-6-4-5-7-20(19)29-18/h4-11,18H,2-3,12-15H2,1H3,(H,23,24)/t18-/m0/s1. The van der Waals surface area contributed by atoms with Crippen molar-refractivity contribution in [2.75, 3.05) is 26.4 Å². The summed E-state index contributed by atoms with van der Waals surface area (Å²) in [5.74, 6) is 1.06. The first-order valence-corrected chi connectivity index (χ1v) is 9.71. The first kappa shape index (κ1) is 20.5. The molecule has 1 aliphatic rings. The van der Waals surface area contributed by atoms with Crippen LogP contribution in [0, 0.1) is 0 Å². The highest BCUT2D eigenvalue weighted by Gasteiger charge is 2.21. The number of fused-ring (bicyclic) bond motifs is 1. The van der Waals surface area contributed by atoms with Crippen molar-refractivity contribution in [1.29, 1.82) is 0 Å². The topological polar surface area (TPSA) is 83.1 Å². The van der Waals surface area contributed by atoms with Gasteiger partial charge < -0.3 is 24.3 Å². The molecule has 0 aromatic heterocycles. The third-order valence-corrected chi connectivity index (χ3v) is 4.29. The molecule has 7 nitrogen and oxygen atoms in total. The lowest BCUT2D eigenvalue weighted by atomic mass is 10.2. The number of esters is 1. The van der Waals surface area contributed by atoms with Gasteiger partial charge in [0.1, 0.15) is 18.5 Å². The van der Waals surface area contributed by atoms with E-state index in [1.807, 2.05) is 24.3 Å². The Morgan fingerprint density at radius 2 is 1.86 bits per heavy atom. The summed E-state index contributed by atoms with van der Waals surface area (Å²) in [6, 6.07) is 14.0. The molecule has 2 aromatic carbocycles. The van der Waals surface area contributed by atoms with Crippen molar-refractivity contribution in [3.8, 4) is 17.2 Å². The molecule has 154 valence electrons. The Morgan fingerprint density at radius 1 is 1.10 bits per heavy atom. The van der Waals surface area contributed by atoms with Gasteiger partial charge in [-0.1, -0.05) is 25.5 Å². The summed E-state index contributed by atoms with van der Waals surface area (Å²) in [5.41, 5.74) is 0.362. The number of nitrogens with one attached hydrogen (secondary N) is 1. The molecule has 1 amide bonds. The van der Waals surface area contributed by atoms with E-state index in [-0.39, 0.29) is 19.3 Å². The van der Waals surface area contributed by atoms with E-state index in [0.717, 1.165) is 12.8 Å². The van der Waals surface area contributed by atoms with Gasteiger partial charge in [0.05, 0.1) is 18.7 Å². The van der Waals surface area contributed by atoms with Crippen molar-refractivity contribution >= 4 is 11.9 Å². The molecule has 0 spiro atoms. The monoisotopic (exact) mass is 399 g/mol. The fraction of sp³-hybridized carbons (Fsp3) is 0.364. The van der Waals surface area contributed by atoms with Gasteiger partial charge >= 0.3 is 5.97 Å². The van der Waals surface area contributed by atoms with Crippen molar-refractivity contribution in [2.24, 2.45) is 0 Å². The molecule has 1 aliphatic heterocycles. The van der Waals surface area contributed by atoms with E-state index in [9.17, 15) is 9.59 Å². The zero-order chi connectivity index (χ0) is 20.5. The van der Waals surface area contributed by atoms with Crippen LogP contribution in [-0.4, -0.2) is 44.3 Å². The summed E-state index contributed by atoms with van der Waals surface area (Å²) in [4.78, 5) is 24.0. The maximum absolute atomic E-state index is 12.1. The van der Waals surface area contributed by atoms with Crippen LogP contribution < -0.4 is 19.5 Å². The summed E-state index contributed by atoms with van der Waals surface area (Å²) in [5, 5.41) is 2.69. The van der Waals surface area contributed by atoms with E-state index in [1.54, 1.807) is 24.3 Å². The van der Waals surface area contributed by atoms with Gasteiger partial charge in [-0.25, -0.2) is 4.79 Å². The first-order valence-electron chi connectivity index (χ1n) is 9.71. The quantitative estimate of drug-likeness (QED) is 0.516. The molecule has 1 heterocycles. The number of hydrogen-bond donors (Lipinski definition) is 1. The molecular formula is C22H25NO6. The van der Waals surface area contributed by atoms with Gasteiger partial charge in [-0.05, 0) is 42.8 Å². The number of para-hydroxylation sites is 2. The predicted octanol–water partition coefficient (Wildman–Crippen LogP) is 2.98. The Bertz CT molecular complexity index is 820. The average Bonchev–Trinajstić information content (AvgIpc) is 2.76. The van der Waals surface area contributed by atoms with Crippen LogP contribution in [0.4, 0.5) is 0 Å². The maximum Gasteiger partial charge on any atom is 0.338 e. The van der Waals surface area contributed by atoms with Gasteiger partial charge in [0, 0.05) is 0 Å². The number of benzene rings is 2. The smallest absolute Gasteiger partial charge is 0.338 e. The molecule has 0 saturated carbocycles. The van der Waals surface area contributed by atoms with E-state index in [4.69, 9.17) is 18.9 Å². The zero-order valence-corrected chi connectivity index (χ0v) is 16.4. The molecule has 2 aromatic rings. The summed E-state index contributed by atoms with van der Waals surface area (Å²) in [7, 11) is 0. The van der Waals surface area contributed by atoms with Gasteiger partial charge in [0.25, 0.3) is 5.91 Å². The predicted molar refractivity (Wildman–Crippen MR) is 106 cm³/mol. The second kappa shape index (κ2) is 10.4. The van der Waals surface area contributed by atoms with Crippen molar-refractivity contribution in [2.45, 2.75) is 25.9 Å². The number of hydrogen-bond acceptors (Lipinski definition) is 6. The average molecular weight is 399 g/mol. The third-order valence-electron chi connectivity index (χ3n) is 4.29. The highest BCUT2D eigenvalue weighted by Crippen LogP contribution is 2.30. The second-order valence-corrected chi connectivity index (χ2v) is 6.60. The van der Waals surface area contributed by atoms with E-state index in [2.05, 4.69) is 12.2 Å². The molecule has 1 N–H and O–H groups in total. The summed E-state index contributed by atoms with van der Waals surface area (Å²) in [6.45, 7) is 2.96. The molecule has 0 aliphatic carbocycles. The largest absolute Gasteiger partial charge is 0.494 e. The summed E-state index contributed by atoms with van der Waals surface area (Å²) in [6.07, 6.45) is 1.73. The van der Waals surface area contributed by atoms with Crippen LogP contribution >= 0.6 is 0 Å². The van der Waals surface area contributed by atoms with Gasteiger partial charge in [0.15, 0.2) is 18.1 Å². The first-order chi connectivity index (χ1) is 14.2. The highest BCUT2D eigenvalue weighted by atomic mass is 16.6. The molecule has 0 saturated heterocycles. The number of carbonyl (C=O) groups excluding carboxylic acids is 2. The van der Waals surface area contributed by atoms with Crippen molar-refractivity contribution in [1.82, 2.24) is 5.32 Å². The van der Waals surface area contributed by atoms with E-state index >= 15 is 0 Å². The van der Waals surface area contributed by atoms with Crippen molar-refractivity contribution in [3.05, 3.63) is 54.1 Å². The van der Waals surface area contributed by atoms with Gasteiger partial charge in [-0.2, -0.15) is 0 Å².